The van der Waals surface area contributed by atoms with Crippen LogP contribution in [0.4, 0.5) is 10.1 Å². The number of anilines is 1. The summed E-state index contributed by atoms with van der Waals surface area (Å²) >= 11 is 0. The van der Waals surface area contributed by atoms with Crippen molar-refractivity contribution < 1.29 is 23.8 Å². The lowest BCUT2D eigenvalue weighted by molar-refractivity contribution is -0.160. The molecule has 2 heterocycles. The highest BCUT2D eigenvalue weighted by Gasteiger charge is 2.40. The first-order chi connectivity index (χ1) is 21.2. The van der Waals surface area contributed by atoms with Crippen LogP contribution < -0.4 is 9.64 Å². The largest absolute Gasteiger partial charge is 0.493 e. The monoisotopic (exact) mass is 616 g/mol. The summed E-state index contributed by atoms with van der Waals surface area (Å²) in [7, 11) is 0. The van der Waals surface area contributed by atoms with Crippen molar-refractivity contribution in [1.29, 1.82) is 0 Å². The SMILES string of the molecule is Cc1nc(C)c(C(OC(C)(C)C)C(=O)O)c(N2CCC3(CCCC3)CC2)c1-c1ccc(OCC(C)(C)c2ccc(F)cc2)cc1. The molecule has 1 saturated carbocycles. The number of nitrogens with zero attached hydrogens (tertiary/aromatic N) is 2. The molecule has 2 aromatic carbocycles. The molecule has 1 saturated heterocycles. The number of carbonyl (C=O) groups is 1. The van der Waals surface area contributed by atoms with Crippen LogP contribution in [-0.2, 0) is 14.9 Å². The van der Waals surface area contributed by atoms with Crippen LogP contribution in [0.15, 0.2) is 48.5 Å². The lowest BCUT2D eigenvalue weighted by Crippen LogP contribution is -2.40. The highest BCUT2D eigenvalue weighted by molar-refractivity contribution is 5.88. The Morgan fingerprint density at radius 3 is 2.09 bits per heavy atom. The number of aromatic nitrogens is 1. The van der Waals surface area contributed by atoms with Gasteiger partial charge in [-0.15, -0.1) is 0 Å². The number of carboxylic acid groups (broad SMARTS) is 1. The van der Waals surface area contributed by atoms with Gasteiger partial charge in [0.15, 0.2) is 6.10 Å². The van der Waals surface area contributed by atoms with E-state index in [-0.39, 0.29) is 11.2 Å². The molecule has 1 aromatic heterocycles. The van der Waals surface area contributed by atoms with Crippen LogP contribution in [0.25, 0.3) is 11.1 Å². The Hall–Kier alpha value is -3.45. The van der Waals surface area contributed by atoms with E-state index in [0.717, 1.165) is 59.8 Å². The number of aryl methyl sites for hydroxylation is 2. The van der Waals surface area contributed by atoms with Gasteiger partial charge in [0.05, 0.1) is 17.9 Å². The predicted octanol–water partition coefficient (Wildman–Crippen LogP) is 8.96. The molecule has 3 aromatic rings. The second-order valence-corrected chi connectivity index (χ2v) is 14.8. The minimum Gasteiger partial charge on any atom is -0.493 e. The molecule has 1 N–H and O–H groups in total. The van der Waals surface area contributed by atoms with Crippen molar-refractivity contribution in [3.63, 3.8) is 0 Å². The highest BCUT2D eigenvalue weighted by Crippen LogP contribution is 2.49. The van der Waals surface area contributed by atoms with Gasteiger partial charge >= 0.3 is 5.97 Å². The maximum absolute atomic E-state index is 13.5. The third kappa shape index (κ3) is 7.35. The second kappa shape index (κ2) is 12.7. The summed E-state index contributed by atoms with van der Waals surface area (Å²) in [5.74, 6) is -0.534. The van der Waals surface area contributed by atoms with Crippen LogP contribution in [0.1, 0.15) is 102 Å². The first-order valence-electron chi connectivity index (χ1n) is 16.3. The zero-order valence-electron chi connectivity index (χ0n) is 28.0. The first kappa shape index (κ1) is 32.9. The number of hydrogen-bond acceptors (Lipinski definition) is 5. The summed E-state index contributed by atoms with van der Waals surface area (Å²) in [6.07, 6.45) is 6.27. The molecular weight excluding hydrogens is 567 g/mol. The normalized spacial score (nSPS) is 17.5. The number of rotatable bonds is 9. The van der Waals surface area contributed by atoms with E-state index in [4.69, 9.17) is 14.5 Å². The summed E-state index contributed by atoms with van der Waals surface area (Å²) in [5.41, 5.74) is 5.47. The molecule has 2 fully saturated rings. The molecule has 6 nitrogen and oxygen atoms in total. The van der Waals surface area contributed by atoms with Gasteiger partial charge in [-0.25, -0.2) is 9.18 Å². The fourth-order valence-corrected chi connectivity index (χ4v) is 7.22. The van der Waals surface area contributed by atoms with Crippen molar-refractivity contribution in [2.45, 2.75) is 104 Å². The van der Waals surface area contributed by atoms with Gasteiger partial charge < -0.3 is 19.5 Å². The summed E-state index contributed by atoms with van der Waals surface area (Å²) in [6, 6.07) is 14.6. The maximum Gasteiger partial charge on any atom is 0.337 e. The summed E-state index contributed by atoms with van der Waals surface area (Å²) in [4.78, 5) is 20.1. The predicted molar refractivity (Wildman–Crippen MR) is 178 cm³/mol. The van der Waals surface area contributed by atoms with Crippen molar-refractivity contribution in [2.75, 3.05) is 24.6 Å². The maximum atomic E-state index is 13.5. The molecule has 0 bridgehead atoms. The van der Waals surface area contributed by atoms with Gasteiger partial charge in [-0.2, -0.15) is 0 Å². The number of aliphatic carboxylic acids is 1. The van der Waals surface area contributed by atoms with Gasteiger partial charge in [0.2, 0.25) is 0 Å². The molecule has 2 aliphatic rings. The molecule has 1 aliphatic carbocycles. The van der Waals surface area contributed by atoms with Crippen molar-refractivity contribution in [3.8, 4) is 16.9 Å². The standard InChI is InChI=1S/C38H49FN2O4/c1-25-31(27-10-16-30(17-11-27)44-24-37(6,7)28-12-14-29(39)15-13-28)33(41-22-20-38(21-23-41)18-8-9-19-38)32(26(2)40-25)34(35(42)43)45-36(3,4)5/h10-17,34H,8-9,18-24H2,1-7H3,(H,42,43). The number of carboxylic acids is 1. The third-order valence-corrected chi connectivity index (χ3v) is 9.71. The molecule has 242 valence electrons. The van der Waals surface area contributed by atoms with Crippen molar-refractivity contribution in [3.05, 3.63) is 76.9 Å². The average molecular weight is 617 g/mol. The Kier molecular flexibility index (Phi) is 9.33. The minimum absolute atomic E-state index is 0.253. The third-order valence-electron chi connectivity index (χ3n) is 9.71. The second-order valence-electron chi connectivity index (χ2n) is 14.8. The van der Waals surface area contributed by atoms with E-state index >= 15 is 0 Å². The van der Waals surface area contributed by atoms with Crippen molar-refractivity contribution >= 4 is 11.7 Å². The van der Waals surface area contributed by atoms with Gasteiger partial charge in [-0.3, -0.25) is 4.98 Å². The van der Waals surface area contributed by atoms with Crippen LogP contribution in [0.2, 0.25) is 0 Å². The molecule has 0 amide bonds. The Morgan fingerprint density at radius 2 is 1.53 bits per heavy atom. The fraction of sp³-hybridized carbons (Fsp3) is 0.526. The summed E-state index contributed by atoms with van der Waals surface area (Å²) in [5, 5.41) is 10.5. The van der Waals surface area contributed by atoms with E-state index in [1.807, 2.05) is 58.9 Å². The van der Waals surface area contributed by atoms with E-state index in [1.165, 1.54) is 37.8 Å². The molecular formula is C38H49FN2O4. The van der Waals surface area contributed by atoms with Gasteiger partial charge in [0.25, 0.3) is 0 Å². The van der Waals surface area contributed by atoms with Crippen LogP contribution in [-0.4, -0.2) is 41.4 Å². The number of pyridine rings is 1. The van der Waals surface area contributed by atoms with Gasteiger partial charge in [-0.05, 0) is 101 Å². The Labute approximate surface area is 268 Å². The number of piperidine rings is 1. The number of halogens is 1. The molecule has 0 radical (unpaired) electrons. The minimum atomic E-state index is -1.15. The Bertz CT molecular complexity index is 1490. The molecule has 1 atom stereocenters. The van der Waals surface area contributed by atoms with Crippen molar-refractivity contribution in [1.82, 2.24) is 4.98 Å². The van der Waals surface area contributed by atoms with Crippen LogP contribution in [0.5, 0.6) is 5.75 Å². The fourth-order valence-electron chi connectivity index (χ4n) is 7.22. The van der Waals surface area contributed by atoms with E-state index in [0.29, 0.717) is 23.3 Å². The smallest absolute Gasteiger partial charge is 0.337 e. The highest BCUT2D eigenvalue weighted by atomic mass is 19.1. The molecule has 45 heavy (non-hydrogen) atoms. The molecule has 5 rings (SSSR count). The van der Waals surface area contributed by atoms with E-state index < -0.39 is 17.7 Å². The summed E-state index contributed by atoms with van der Waals surface area (Å²) in [6.45, 7) is 15.9. The van der Waals surface area contributed by atoms with Gasteiger partial charge in [-0.1, -0.05) is 51.0 Å². The lowest BCUT2D eigenvalue weighted by Gasteiger charge is -2.42. The van der Waals surface area contributed by atoms with Gasteiger partial charge in [0.1, 0.15) is 11.6 Å². The van der Waals surface area contributed by atoms with Gasteiger partial charge in [0, 0.05) is 41.0 Å². The Morgan fingerprint density at radius 1 is 0.933 bits per heavy atom. The first-order valence-corrected chi connectivity index (χ1v) is 16.3. The molecule has 1 spiro atoms. The topological polar surface area (TPSA) is 71.9 Å². The van der Waals surface area contributed by atoms with E-state index in [2.05, 4.69) is 18.7 Å². The van der Waals surface area contributed by atoms with Crippen molar-refractivity contribution in [2.24, 2.45) is 5.41 Å². The van der Waals surface area contributed by atoms with Crippen LogP contribution in [0.3, 0.4) is 0 Å². The van der Waals surface area contributed by atoms with Crippen LogP contribution >= 0.6 is 0 Å². The zero-order chi connectivity index (χ0) is 32.6. The number of ether oxygens (including phenoxy) is 2. The van der Waals surface area contributed by atoms with E-state index in [9.17, 15) is 14.3 Å². The zero-order valence-corrected chi connectivity index (χ0v) is 28.0. The quantitative estimate of drug-likeness (QED) is 0.259. The van der Waals surface area contributed by atoms with E-state index in [1.54, 1.807) is 12.1 Å². The van der Waals surface area contributed by atoms with Crippen LogP contribution in [0, 0.1) is 25.1 Å². The Balaban J connectivity index is 1.51. The summed E-state index contributed by atoms with van der Waals surface area (Å²) < 4.78 is 25.9. The average Bonchev–Trinajstić information content (AvgIpc) is 3.43. The molecule has 1 unspecified atom stereocenters. The number of benzene rings is 2. The molecule has 1 aliphatic heterocycles. The lowest BCUT2D eigenvalue weighted by atomic mass is 9.76. The molecule has 7 heteroatoms. The number of hydrogen-bond donors (Lipinski definition) is 1.